The Labute approximate surface area is 107 Å². The molecule has 0 aliphatic heterocycles. The van der Waals surface area contributed by atoms with E-state index in [0.29, 0.717) is 0 Å². The monoisotopic (exact) mass is 266 g/mol. The van der Waals surface area contributed by atoms with E-state index < -0.39 is 11.8 Å². The fourth-order valence-corrected chi connectivity index (χ4v) is 1.59. The number of halogens is 1. The van der Waals surface area contributed by atoms with Crippen molar-refractivity contribution in [3.63, 3.8) is 0 Å². The number of esters is 1. The van der Waals surface area contributed by atoms with Crippen LogP contribution in [-0.4, -0.2) is 25.5 Å². The van der Waals surface area contributed by atoms with Gasteiger partial charge in [-0.1, -0.05) is 0 Å². The zero-order valence-corrected chi connectivity index (χ0v) is 10.4. The number of rotatable bonds is 4. The number of benzene rings is 1. The number of furan rings is 1. The average Bonchev–Trinajstić information content (AvgIpc) is 2.73. The molecule has 0 fully saturated rings. The van der Waals surface area contributed by atoms with Crippen LogP contribution < -0.4 is 4.74 Å². The molecular weight excluding hydrogens is 255 g/mol. The lowest BCUT2D eigenvalue weighted by molar-refractivity contribution is -0.118. The summed E-state index contributed by atoms with van der Waals surface area (Å²) >= 11 is 0. The Morgan fingerprint density at radius 3 is 2.74 bits per heavy atom. The molecule has 0 radical (unpaired) electrons. The van der Waals surface area contributed by atoms with E-state index in [2.05, 4.69) is 4.74 Å². The number of carbonyl (C=O) groups excluding carboxylic acids is 2. The van der Waals surface area contributed by atoms with Crippen molar-refractivity contribution in [3.05, 3.63) is 29.8 Å². The Morgan fingerprint density at radius 2 is 2.11 bits per heavy atom. The highest BCUT2D eigenvalue weighted by Crippen LogP contribution is 2.34. The van der Waals surface area contributed by atoms with E-state index in [4.69, 9.17) is 9.15 Å². The Hall–Kier alpha value is -2.37. The van der Waals surface area contributed by atoms with Gasteiger partial charge in [0.1, 0.15) is 18.0 Å². The summed E-state index contributed by atoms with van der Waals surface area (Å²) in [7, 11) is 1.19. The molecule has 5 nitrogen and oxygen atoms in total. The van der Waals surface area contributed by atoms with Crippen LogP contribution in [0, 0.1) is 5.82 Å². The van der Waals surface area contributed by atoms with Gasteiger partial charge in [-0.3, -0.25) is 4.79 Å². The highest BCUT2D eigenvalue weighted by Gasteiger charge is 2.23. The second-order valence-electron chi connectivity index (χ2n) is 3.88. The van der Waals surface area contributed by atoms with Crippen LogP contribution in [0.3, 0.4) is 0 Å². The molecule has 1 aromatic carbocycles. The fourth-order valence-electron chi connectivity index (χ4n) is 1.59. The van der Waals surface area contributed by atoms with Gasteiger partial charge in [-0.15, -0.1) is 0 Å². The second-order valence-corrected chi connectivity index (χ2v) is 3.88. The lowest BCUT2D eigenvalue weighted by atomic mass is 10.2. The number of hydrogen-bond acceptors (Lipinski definition) is 5. The Bertz CT molecular complexity index is 644. The van der Waals surface area contributed by atoms with E-state index in [9.17, 15) is 14.0 Å². The van der Waals surface area contributed by atoms with Crippen LogP contribution in [0.4, 0.5) is 4.39 Å². The fraction of sp³-hybridized carbons (Fsp3) is 0.231. The molecule has 0 aliphatic carbocycles. The molecular formula is C13H11FO5. The molecule has 0 N–H and O–H groups in total. The molecule has 100 valence electrons. The minimum absolute atomic E-state index is 0.0107. The third kappa shape index (κ3) is 2.57. The number of ether oxygens (including phenoxy) is 2. The van der Waals surface area contributed by atoms with Crippen LogP contribution in [-0.2, 0) is 9.53 Å². The van der Waals surface area contributed by atoms with E-state index >= 15 is 0 Å². The number of methoxy groups -OCH3 is 1. The van der Waals surface area contributed by atoms with Crippen molar-refractivity contribution in [2.24, 2.45) is 0 Å². The third-order valence-electron chi connectivity index (χ3n) is 2.40. The van der Waals surface area contributed by atoms with Crippen molar-refractivity contribution >= 4 is 22.7 Å². The Balaban J connectivity index is 2.56. The summed E-state index contributed by atoms with van der Waals surface area (Å²) in [4.78, 5) is 22.5. The van der Waals surface area contributed by atoms with Gasteiger partial charge in [0.2, 0.25) is 0 Å². The standard InChI is InChI=1S/C13H11FO5/c1-7(15)6-18-11-9-5-8(14)3-4-10(9)19-12(11)13(16)17-2/h3-5H,6H2,1-2H3. The van der Waals surface area contributed by atoms with Crippen molar-refractivity contribution in [1.82, 2.24) is 0 Å². The van der Waals surface area contributed by atoms with Crippen molar-refractivity contribution < 1.29 is 27.9 Å². The topological polar surface area (TPSA) is 65.7 Å². The molecule has 0 spiro atoms. The highest BCUT2D eigenvalue weighted by atomic mass is 19.1. The maximum Gasteiger partial charge on any atom is 0.377 e. The number of fused-ring (bicyclic) bond motifs is 1. The summed E-state index contributed by atoms with van der Waals surface area (Å²) in [6, 6.07) is 3.74. The van der Waals surface area contributed by atoms with E-state index in [-0.39, 0.29) is 34.9 Å². The van der Waals surface area contributed by atoms with Crippen LogP contribution >= 0.6 is 0 Å². The normalized spacial score (nSPS) is 10.5. The predicted octanol–water partition coefficient (Wildman–Crippen LogP) is 2.33. The summed E-state index contributed by atoms with van der Waals surface area (Å²) in [6.45, 7) is 1.09. The minimum atomic E-state index is -0.754. The lowest BCUT2D eigenvalue weighted by Gasteiger charge is -2.03. The largest absolute Gasteiger partial charge is 0.481 e. The van der Waals surface area contributed by atoms with Crippen molar-refractivity contribution in [1.29, 1.82) is 0 Å². The molecule has 19 heavy (non-hydrogen) atoms. The zero-order chi connectivity index (χ0) is 14.0. The first-order chi connectivity index (χ1) is 9.02. The third-order valence-corrected chi connectivity index (χ3v) is 2.40. The number of Topliss-reactive ketones (excluding diaryl/α,β-unsaturated/α-hetero) is 1. The van der Waals surface area contributed by atoms with Crippen LogP contribution in [0.1, 0.15) is 17.5 Å². The smallest absolute Gasteiger partial charge is 0.377 e. The molecule has 0 aliphatic rings. The molecule has 0 unspecified atom stereocenters. The lowest BCUT2D eigenvalue weighted by Crippen LogP contribution is -2.09. The molecule has 6 heteroatoms. The second kappa shape index (κ2) is 5.09. The van der Waals surface area contributed by atoms with Crippen LogP contribution in [0.2, 0.25) is 0 Å². The molecule has 1 heterocycles. The van der Waals surface area contributed by atoms with Crippen LogP contribution in [0.25, 0.3) is 11.0 Å². The molecule has 2 rings (SSSR count). The quantitative estimate of drug-likeness (QED) is 0.794. The Kier molecular flexibility index (Phi) is 3.50. The van der Waals surface area contributed by atoms with Crippen LogP contribution in [0.15, 0.2) is 22.6 Å². The van der Waals surface area contributed by atoms with E-state index in [1.807, 2.05) is 0 Å². The van der Waals surface area contributed by atoms with Crippen molar-refractivity contribution in [2.45, 2.75) is 6.92 Å². The summed E-state index contributed by atoms with van der Waals surface area (Å²) in [5.41, 5.74) is 0.278. The van der Waals surface area contributed by atoms with Gasteiger partial charge >= 0.3 is 5.97 Å². The summed E-state index contributed by atoms with van der Waals surface area (Å²) < 4.78 is 28.3. The van der Waals surface area contributed by atoms with Crippen molar-refractivity contribution in [2.75, 3.05) is 13.7 Å². The number of hydrogen-bond donors (Lipinski definition) is 0. The van der Waals surface area contributed by atoms with Gasteiger partial charge in [0.15, 0.2) is 11.5 Å². The molecule has 0 atom stereocenters. The van der Waals surface area contributed by atoms with Gasteiger partial charge in [-0.25, -0.2) is 9.18 Å². The first-order valence-electron chi connectivity index (χ1n) is 5.45. The van der Waals surface area contributed by atoms with Gasteiger partial charge in [0.25, 0.3) is 5.76 Å². The molecule has 0 amide bonds. The molecule has 0 saturated carbocycles. The summed E-state index contributed by atoms with van der Waals surface area (Å²) in [6.07, 6.45) is 0. The van der Waals surface area contributed by atoms with Crippen LogP contribution in [0.5, 0.6) is 5.75 Å². The predicted molar refractivity (Wildman–Crippen MR) is 63.7 cm³/mol. The minimum Gasteiger partial charge on any atom is -0.481 e. The Morgan fingerprint density at radius 1 is 1.37 bits per heavy atom. The molecule has 0 saturated heterocycles. The SMILES string of the molecule is COC(=O)c1oc2ccc(F)cc2c1OCC(C)=O. The zero-order valence-electron chi connectivity index (χ0n) is 10.4. The maximum absolute atomic E-state index is 13.2. The first-order valence-corrected chi connectivity index (χ1v) is 5.45. The number of carbonyl (C=O) groups is 2. The van der Waals surface area contributed by atoms with Gasteiger partial charge in [-0.05, 0) is 25.1 Å². The van der Waals surface area contributed by atoms with E-state index in [1.165, 1.54) is 32.2 Å². The molecule has 2 aromatic rings. The van der Waals surface area contributed by atoms with Gasteiger partial charge < -0.3 is 13.9 Å². The van der Waals surface area contributed by atoms with Crippen molar-refractivity contribution in [3.8, 4) is 5.75 Å². The highest BCUT2D eigenvalue weighted by molar-refractivity contribution is 5.99. The van der Waals surface area contributed by atoms with Gasteiger partial charge in [-0.2, -0.15) is 0 Å². The van der Waals surface area contributed by atoms with E-state index in [1.54, 1.807) is 0 Å². The number of ketones is 1. The van der Waals surface area contributed by atoms with Gasteiger partial charge in [0, 0.05) is 0 Å². The molecule has 0 bridgehead atoms. The van der Waals surface area contributed by atoms with E-state index in [0.717, 1.165) is 0 Å². The summed E-state index contributed by atoms with van der Waals surface area (Å²) in [5.74, 6) is -1.67. The molecule has 1 aromatic heterocycles. The van der Waals surface area contributed by atoms with Gasteiger partial charge in [0.05, 0.1) is 12.5 Å². The summed E-state index contributed by atoms with van der Waals surface area (Å²) in [5, 5.41) is 0.279. The average molecular weight is 266 g/mol. The first kappa shape index (κ1) is 13.1. The maximum atomic E-state index is 13.2.